The standard InChI is InChI=1S/C16H18FNO3/c1-19-12-6-11(7-13(9-12)20-2)16(18)10-4-5-15(21-3)14(17)8-10/h4-9,16H,18H2,1-3H3. The Hall–Kier alpha value is -2.27. The zero-order chi connectivity index (χ0) is 15.4. The Labute approximate surface area is 123 Å². The minimum Gasteiger partial charge on any atom is -0.497 e. The van der Waals surface area contributed by atoms with Crippen molar-refractivity contribution in [3.8, 4) is 17.2 Å². The van der Waals surface area contributed by atoms with Crippen LogP contribution in [0.25, 0.3) is 0 Å². The molecule has 0 saturated carbocycles. The van der Waals surface area contributed by atoms with Gasteiger partial charge in [0.25, 0.3) is 0 Å². The summed E-state index contributed by atoms with van der Waals surface area (Å²) in [5.74, 6) is 1.01. The van der Waals surface area contributed by atoms with Gasteiger partial charge in [-0.05, 0) is 35.4 Å². The average molecular weight is 291 g/mol. The SMILES string of the molecule is COc1cc(OC)cc(C(N)c2ccc(OC)c(F)c2)c1. The van der Waals surface area contributed by atoms with Gasteiger partial charge in [0.1, 0.15) is 11.5 Å². The molecule has 0 radical (unpaired) electrons. The molecule has 2 aromatic rings. The van der Waals surface area contributed by atoms with E-state index in [0.717, 1.165) is 5.56 Å². The molecule has 2 aromatic carbocycles. The van der Waals surface area contributed by atoms with E-state index in [0.29, 0.717) is 17.1 Å². The first-order valence-corrected chi connectivity index (χ1v) is 6.41. The van der Waals surface area contributed by atoms with E-state index in [-0.39, 0.29) is 5.75 Å². The Morgan fingerprint density at radius 3 is 1.95 bits per heavy atom. The van der Waals surface area contributed by atoms with Gasteiger partial charge in [-0.2, -0.15) is 0 Å². The lowest BCUT2D eigenvalue weighted by atomic mass is 9.99. The Bertz CT molecular complexity index is 609. The van der Waals surface area contributed by atoms with Crippen LogP contribution in [-0.2, 0) is 0 Å². The van der Waals surface area contributed by atoms with Crippen LogP contribution in [0, 0.1) is 5.82 Å². The topological polar surface area (TPSA) is 53.7 Å². The Kier molecular flexibility index (Phi) is 4.65. The van der Waals surface area contributed by atoms with E-state index in [2.05, 4.69) is 0 Å². The van der Waals surface area contributed by atoms with Gasteiger partial charge >= 0.3 is 0 Å². The average Bonchev–Trinajstić information content (AvgIpc) is 2.53. The number of halogens is 1. The van der Waals surface area contributed by atoms with Gasteiger partial charge in [0.05, 0.1) is 27.4 Å². The highest BCUT2D eigenvalue weighted by Gasteiger charge is 2.14. The molecule has 0 heterocycles. The van der Waals surface area contributed by atoms with Gasteiger partial charge in [0.2, 0.25) is 0 Å². The van der Waals surface area contributed by atoms with Gasteiger partial charge in [-0.25, -0.2) is 4.39 Å². The third-order valence-corrected chi connectivity index (χ3v) is 3.27. The monoisotopic (exact) mass is 291 g/mol. The minimum absolute atomic E-state index is 0.189. The molecular weight excluding hydrogens is 273 g/mol. The van der Waals surface area contributed by atoms with Crippen molar-refractivity contribution in [2.75, 3.05) is 21.3 Å². The van der Waals surface area contributed by atoms with Crippen LogP contribution in [-0.4, -0.2) is 21.3 Å². The van der Waals surface area contributed by atoms with Gasteiger partial charge in [-0.3, -0.25) is 0 Å². The number of benzene rings is 2. The minimum atomic E-state index is -0.491. The van der Waals surface area contributed by atoms with E-state index in [1.807, 2.05) is 0 Å². The first-order chi connectivity index (χ1) is 10.1. The fourth-order valence-electron chi connectivity index (χ4n) is 2.08. The van der Waals surface area contributed by atoms with Crippen LogP contribution in [0.2, 0.25) is 0 Å². The fourth-order valence-corrected chi connectivity index (χ4v) is 2.08. The largest absolute Gasteiger partial charge is 0.497 e. The van der Waals surface area contributed by atoms with E-state index < -0.39 is 11.9 Å². The van der Waals surface area contributed by atoms with Crippen molar-refractivity contribution in [2.45, 2.75) is 6.04 Å². The molecule has 21 heavy (non-hydrogen) atoms. The maximum atomic E-state index is 13.8. The summed E-state index contributed by atoms with van der Waals surface area (Å²) in [5, 5.41) is 0. The Morgan fingerprint density at radius 2 is 1.48 bits per heavy atom. The zero-order valence-electron chi connectivity index (χ0n) is 12.2. The second-order valence-electron chi connectivity index (χ2n) is 4.52. The highest BCUT2D eigenvalue weighted by Crippen LogP contribution is 2.30. The normalized spacial score (nSPS) is 11.9. The lowest BCUT2D eigenvalue weighted by Crippen LogP contribution is -2.12. The summed E-state index contributed by atoms with van der Waals surface area (Å²) < 4.78 is 29.1. The number of rotatable bonds is 5. The summed E-state index contributed by atoms with van der Waals surface area (Å²) in [4.78, 5) is 0. The summed E-state index contributed by atoms with van der Waals surface area (Å²) in [5.41, 5.74) is 7.62. The van der Waals surface area contributed by atoms with Crippen LogP contribution < -0.4 is 19.9 Å². The number of nitrogens with two attached hydrogens (primary N) is 1. The van der Waals surface area contributed by atoms with Crippen molar-refractivity contribution in [1.82, 2.24) is 0 Å². The van der Waals surface area contributed by atoms with Gasteiger partial charge in [0, 0.05) is 6.07 Å². The fraction of sp³-hybridized carbons (Fsp3) is 0.250. The van der Waals surface area contributed by atoms with E-state index in [1.54, 1.807) is 44.6 Å². The molecule has 0 spiro atoms. The smallest absolute Gasteiger partial charge is 0.165 e. The number of ether oxygens (including phenoxy) is 3. The molecule has 1 unspecified atom stereocenters. The number of hydrogen-bond donors (Lipinski definition) is 1. The predicted molar refractivity (Wildman–Crippen MR) is 78.5 cm³/mol. The first kappa shape index (κ1) is 15.1. The van der Waals surface area contributed by atoms with Gasteiger partial charge in [0.15, 0.2) is 11.6 Å². The van der Waals surface area contributed by atoms with E-state index in [9.17, 15) is 4.39 Å². The summed E-state index contributed by atoms with van der Waals surface area (Å²) >= 11 is 0. The van der Waals surface area contributed by atoms with Crippen LogP contribution in [0.15, 0.2) is 36.4 Å². The molecule has 0 fully saturated rings. The molecule has 0 aliphatic rings. The van der Waals surface area contributed by atoms with Crippen molar-refractivity contribution < 1.29 is 18.6 Å². The highest BCUT2D eigenvalue weighted by molar-refractivity contribution is 5.43. The van der Waals surface area contributed by atoms with Gasteiger partial charge in [-0.1, -0.05) is 6.07 Å². The lowest BCUT2D eigenvalue weighted by molar-refractivity contribution is 0.386. The van der Waals surface area contributed by atoms with E-state index in [1.165, 1.54) is 13.2 Å². The van der Waals surface area contributed by atoms with E-state index in [4.69, 9.17) is 19.9 Å². The Morgan fingerprint density at radius 1 is 0.857 bits per heavy atom. The summed E-state index contributed by atoms with van der Waals surface area (Å²) in [6.07, 6.45) is 0. The molecular formula is C16H18FNO3. The molecule has 0 saturated heterocycles. The molecule has 2 N–H and O–H groups in total. The third kappa shape index (κ3) is 3.25. The van der Waals surface area contributed by atoms with Gasteiger partial charge < -0.3 is 19.9 Å². The van der Waals surface area contributed by atoms with Crippen LogP contribution in [0.1, 0.15) is 17.2 Å². The quantitative estimate of drug-likeness (QED) is 0.920. The molecule has 112 valence electrons. The molecule has 1 atom stereocenters. The Balaban J connectivity index is 2.39. The van der Waals surface area contributed by atoms with Crippen LogP contribution in [0.4, 0.5) is 4.39 Å². The van der Waals surface area contributed by atoms with Crippen molar-refractivity contribution in [3.63, 3.8) is 0 Å². The number of hydrogen-bond acceptors (Lipinski definition) is 4. The van der Waals surface area contributed by atoms with E-state index >= 15 is 0 Å². The molecule has 5 heteroatoms. The van der Waals surface area contributed by atoms with Crippen molar-refractivity contribution >= 4 is 0 Å². The molecule has 4 nitrogen and oxygen atoms in total. The summed E-state index contributed by atoms with van der Waals surface area (Å²) in [6, 6.07) is 9.53. The molecule has 0 bridgehead atoms. The van der Waals surface area contributed by atoms with Crippen molar-refractivity contribution in [1.29, 1.82) is 0 Å². The second kappa shape index (κ2) is 6.45. The maximum absolute atomic E-state index is 13.8. The third-order valence-electron chi connectivity index (χ3n) is 3.27. The molecule has 0 aliphatic carbocycles. The van der Waals surface area contributed by atoms with Crippen molar-refractivity contribution in [3.05, 3.63) is 53.3 Å². The van der Waals surface area contributed by atoms with Crippen molar-refractivity contribution in [2.24, 2.45) is 5.73 Å². The molecule has 0 aromatic heterocycles. The number of methoxy groups -OCH3 is 3. The van der Waals surface area contributed by atoms with Crippen LogP contribution in [0.3, 0.4) is 0 Å². The summed E-state index contributed by atoms with van der Waals surface area (Å²) in [7, 11) is 4.55. The zero-order valence-corrected chi connectivity index (χ0v) is 12.2. The lowest BCUT2D eigenvalue weighted by Gasteiger charge is -2.16. The highest BCUT2D eigenvalue weighted by atomic mass is 19.1. The molecule has 0 amide bonds. The predicted octanol–water partition coefficient (Wildman–Crippen LogP) is 2.90. The van der Waals surface area contributed by atoms with Crippen LogP contribution in [0.5, 0.6) is 17.2 Å². The van der Waals surface area contributed by atoms with Crippen LogP contribution >= 0.6 is 0 Å². The first-order valence-electron chi connectivity index (χ1n) is 6.41. The maximum Gasteiger partial charge on any atom is 0.165 e. The summed E-state index contributed by atoms with van der Waals surface area (Å²) in [6.45, 7) is 0. The molecule has 2 rings (SSSR count). The second-order valence-corrected chi connectivity index (χ2v) is 4.52. The molecule has 0 aliphatic heterocycles. The van der Waals surface area contributed by atoms with Gasteiger partial charge in [-0.15, -0.1) is 0 Å².